The number of aromatic nitrogens is 2. The highest BCUT2D eigenvalue weighted by Gasteiger charge is 2.33. The van der Waals surface area contributed by atoms with E-state index < -0.39 is 23.3 Å². The first kappa shape index (κ1) is 18.1. The van der Waals surface area contributed by atoms with E-state index in [2.05, 4.69) is 15.3 Å². The molecule has 24 heavy (non-hydrogen) atoms. The molecule has 0 saturated carbocycles. The van der Waals surface area contributed by atoms with Crippen molar-refractivity contribution in [1.29, 1.82) is 0 Å². The average Bonchev–Trinajstić information content (AvgIpc) is 2.42. The molecule has 0 unspecified atom stereocenters. The van der Waals surface area contributed by atoms with E-state index >= 15 is 0 Å². The normalized spacial score (nSPS) is 11.4. The number of halogens is 3. The minimum absolute atomic E-state index is 0.183. The maximum atomic E-state index is 12.6. The summed E-state index contributed by atoms with van der Waals surface area (Å²) >= 11 is 0.722. The van der Waals surface area contributed by atoms with E-state index in [1.54, 1.807) is 12.1 Å². The number of nitrogens with one attached hydrogen (secondary N) is 2. The van der Waals surface area contributed by atoms with Crippen LogP contribution >= 0.6 is 11.8 Å². The third-order valence-corrected chi connectivity index (χ3v) is 3.73. The lowest BCUT2D eigenvalue weighted by Gasteiger charge is -2.08. The Labute approximate surface area is 139 Å². The molecule has 0 atom stereocenters. The Morgan fingerprint density at radius 3 is 2.42 bits per heavy atom. The maximum absolute atomic E-state index is 12.6. The molecule has 9 heteroatoms. The van der Waals surface area contributed by atoms with Crippen LogP contribution in [0.3, 0.4) is 0 Å². The SMILES string of the molecule is Cc1cc(C)cc(NC(=O)CSc2nc(C(F)(F)F)cc(=O)[nH]2)c1. The fraction of sp³-hybridized carbons (Fsp3) is 0.267. The summed E-state index contributed by atoms with van der Waals surface area (Å²) in [6.07, 6.45) is -4.72. The number of nitrogens with zero attached hydrogens (tertiary/aromatic N) is 1. The number of hydrogen-bond donors (Lipinski definition) is 2. The van der Waals surface area contributed by atoms with E-state index in [9.17, 15) is 22.8 Å². The number of rotatable bonds is 4. The number of aromatic amines is 1. The van der Waals surface area contributed by atoms with Gasteiger partial charge in [0.05, 0.1) is 5.75 Å². The van der Waals surface area contributed by atoms with Gasteiger partial charge in [0.15, 0.2) is 10.9 Å². The Kier molecular flexibility index (Phi) is 5.33. The van der Waals surface area contributed by atoms with Gasteiger partial charge in [-0.2, -0.15) is 13.2 Å². The summed E-state index contributed by atoms with van der Waals surface area (Å²) in [5.41, 5.74) is 0.338. The predicted octanol–water partition coefficient (Wildman–Crippen LogP) is 3.14. The summed E-state index contributed by atoms with van der Waals surface area (Å²) in [5.74, 6) is -0.595. The molecular weight excluding hydrogens is 343 g/mol. The van der Waals surface area contributed by atoms with Crippen molar-refractivity contribution in [2.24, 2.45) is 0 Å². The Bertz CT molecular complexity index is 798. The van der Waals surface area contributed by atoms with Crippen LogP contribution in [0.15, 0.2) is 34.2 Å². The Morgan fingerprint density at radius 1 is 1.21 bits per heavy atom. The van der Waals surface area contributed by atoms with Gasteiger partial charge in [0.25, 0.3) is 5.56 Å². The molecule has 2 aromatic rings. The number of H-pyrrole nitrogens is 1. The first-order chi connectivity index (χ1) is 11.1. The molecule has 2 rings (SSSR count). The molecule has 0 bridgehead atoms. The number of amides is 1. The first-order valence-electron chi connectivity index (χ1n) is 6.83. The highest BCUT2D eigenvalue weighted by molar-refractivity contribution is 7.99. The Hall–Kier alpha value is -2.29. The zero-order chi connectivity index (χ0) is 17.9. The average molecular weight is 357 g/mol. The van der Waals surface area contributed by atoms with E-state index in [0.29, 0.717) is 11.8 Å². The van der Waals surface area contributed by atoms with Crippen molar-refractivity contribution in [3.63, 3.8) is 0 Å². The molecule has 0 fully saturated rings. The van der Waals surface area contributed by atoms with E-state index in [1.165, 1.54) is 0 Å². The van der Waals surface area contributed by atoms with Gasteiger partial charge in [0.1, 0.15) is 0 Å². The van der Waals surface area contributed by atoms with E-state index in [4.69, 9.17) is 0 Å². The van der Waals surface area contributed by atoms with Gasteiger partial charge in [0.2, 0.25) is 5.91 Å². The third kappa shape index (κ3) is 5.12. The van der Waals surface area contributed by atoms with Crippen molar-refractivity contribution < 1.29 is 18.0 Å². The standard InChI is InChI=1S/C15H14F3N3O2S/c1-8-3-9(2)5-10(4-8)19-13(23)7-24-14-20-11(15(16,17)18)6-12(22)21-14/h3-6H,7H2,1-2H3,(H,19,23)(H,20,21,22). The summed E-state index contributed by atoms with van der Waals surface area (Å²) < 4.78 is 37.8. The van der Waals surface area contributed by atoms with Crippen LogP contribution < -0.4 is 10.9 Å². The molecule has 1 heterocycles. The van der Waals surface area contributed by atoms with Gasteiger partial charge < -0.3 is 10.3 Å². The summed E-state index contributed by atoms with van der Waals surface area (Å²) in [5, 5.41) is 2.39. The molecule has 2 N–H and O–H groups in total. The van der Waals surface area contributed by atoms with Crippen molar-refractivity contribution in [2.75, 3.05) is 11.1 Å². The molecule has 128 valence electrons. The Balaban J connectivity index is 2.04. The lowest BCUT2D eigenvalue weighted by molar-refractivity contribution is -0.141. The Morgan fingerprint density at radius 2 is 1.83 bits per heavy atom. The van der Waals surface area contributed by atoms with Gasteiger partial charge in [-0.15, -0.1) is 0 Å². The number of carbonyl (C=O) groups is 1. The zero-order valence-electron chi connectivity index (χ0n) is 12.8. The highest BCUT2D eigenvalue weighted by atomic mass is 32.2. The van der Waals surface area contributed by atoms with Crippen molar-refractivity contribution >= 4 is 23.4 Å². The topological polar surface area (TPSA) is 74.8 Å². The van der Waals surface area contributed by atoms with Gasteiger partial charge >= 0.3 is 6.18 Å². The molecular formula is C15H14F3N3O2S. The summed E-state index contributed by atoms with van der Waals surface area (Å²) in [7, 11) is 0. The van der Waals surface area contributed by atoms with Gasteiger partial charge in [-0.3, -0.25) is 9.59 Å². The molecule has 1 aromatic carbocycles. The van der Waals surface area contributed by atoms with E-state index in [-0.39, 0.29) is 10.9 Å². The van der Waals surface area contributed by atoms with Crippen LogP contribution in [0.25, 0.3) is 0 Å². The molecule has 1 aromatic heterocycles. The number of aryl methyl sites for hydroxylation is 2. The number of benzene rings is 1. The van der Waals surface area contributed by atoms with Gasteiger partial charge in [0, 0.05) is 11.8 Å². The molecule has 0 saturated heterocycles. The van der Waals surface area contributed by atoms with Gasteiger partial charge in [-0.1, -0.05) is 17.8 Å². The van der Waals surface area contributed by atoms with Crippen molar-refractivity contribution in [2.45, 2.75) is 25.2 Å². The van der Waals surface area contributed by atoms with E-state index in [0.717, 1.165) is 22.9 Å². The minimum atomic E-state index is -4.72. The number of alkyl halides is 3. The van der Waals surface area contributed by atoms with Crippen LogP contribution in [-0.2, 0) is 11.0 Å². The van der Waals surface area contributed by atoms with Gasteiger partial charge in [-0.05, 0) is 37.1 Å². The zero-order valence-corrected chi connectivity index (χ0v) is 13.6. The van der Waals surface area contributed by atoms with Crippen LogP contribution in [-0.4, -0.2) is 21.6 Å². The minimum Gasteiger partial charge on any atom is -0.325 e. The van der Waals surface area contributed by atoms with Crippen LogP contribution in [0.4, 0.5) is 18.9 Å². The molecule has 5 nitrogen and oxygen atoms in total. The third-order valence-electron chi connectivity index (χ3n) is 2.86. The quantitative estimate of drug-likeness (QED) is 0.651. The fourth-order valence-corrected chi connectivity index (χ4v) is 2.70. The predicted molar refractivity (Wildman–Crippen MR) is 85.1 cm³/mol. The number of carbonyl (C=O) groups excluding carboxylic acids is 1. The second-order valence-corrected chi connectivity index (χ2v) is 6.11. The van der Waals surface area contributed by atoms with E-state index in [1.807, 2.05) is 19.9 Å². The lowest BCUT2D eigenvalue weighted by Crippen LogP contribution is -2.18. The highest BCUT2D eigenvalue weighted by Crippen LogP contribution is 2.27. The summed E-state index contributed by atoms with van der Waals surface area (Å²) in [4.78, 5) is 28.6. The van der Waals surface area contributed by atoms with Crippen LogP contribution in [0.1, 0.15) is 16.8 Å². The van der Waals surface area contributed by atoms with Crippen LogP contribution in [0, 0.1) is 13.8 Å². The first-order valence-corrected chi connectivity index (χ1v) is 7.81. The summed E-state index contributed by atoms with van der Waals surface area (Å²) in [6.45, 7) is 3.77. The fourth-order valence-electron chi connectivity index (χ4n) is 2.03. The van der Waals surface area contributed by atoms with Crippen molar-refractivity contribution in [3.8, 4) is 0 Å². The van der Waals surface area contributed by atoms with Crippen molar-refractivity contribution in [3.05, 3.63) is 51.4 Å². The monoisotopic (exact) mass is 357 g/mol. The largest absolute Gasteiger partial charge is 0.433 e. The molecule has 0 spiro atoms. The maximum Gasteiger partial charge on any atom is 0.433 e. The number of hydrogen-bond acceptors (Lipinski definition) is 4. The lowest BCUT2D eigenvalue weighted by atomic mass is 10.1. The molecule has 0 aliphatic carbocycles. The second kappa shape index (κ2) is 7.08. The van der Waals surface area contributed by atoms with Crippen LogP contribution in [0.5, 0.6) is 0 Å². The smallest absolute Gasteiger partial charge is 0.325 e. The molecule has 0 aliphatic rings. The second-order valence-electron chi connectivity index (χ2n) is 5.15. The molecule has 0 radical (unpaired) electrons. The number of anilines is 1. The molecule has 0 aliphatic heterocycles. The molecule has 1 amide bonds. The van der Waals surface area contributed by atoms with Crippen molar-refractivity contribution in [1.82, 2.24) is 9.97 Å². The number of thioether (sulfide) groups is 1. The summed E-state index contributed by atoms with van der Waals surface area (Å²) in [6, 6.07) is 5.88. The van der Waals surface area contributed by atoms with Crippen LogP contribution in [0.2, 0.25) is 0 Å². The van der Waals surface area contributed by atoms with Gasteiger partial charge in [-0.25, -0.2) is 4.98 Å².